The number of aryl methyl sites for hydroxylation is 1. The molecule has 0 radical (unpaired) electrons. The van der Waals surface area contributed by atoms with Crippen LogP contribution in [-0.4, -0.2) is 21.2 Å². The van der Waals surface area contributed by atoms with Gasteiger partial charge in [-0.15, -0.1) is 0 Å². The van der Waals surface area contributed by atoms with Crippen LogP contribution in [0.15, 0.2) is 46.1 Å². The molecule has 0 spiro atoms. The number of fused-ring (bicyclic) bond motifs is 1. The van der Waals surface area contributed by atoms with E-state index >= 15 is 0 Å². The van der Waals surface area contributed by atoms with Gasteiger partial charge in [0.15, 0.2) is 0 Å². The van der Waals surface area contributed by atoms with Gasteiger partial charge in [-0.25, -0.2) is 9.78 Å². The van der Waals surface area contributed by atoms with E-state index in [0.717, 1.165) is 21.4 Å². The summed E-state index contributed by atoms with van der Waals surface area (Å²) in [7, 11) is 4.67. The Hall–Kier alpha value is -2.89. The van der Waals surface area contributed by atoms with Gasteiger partial charge in [-0.3, -0.25) is 13.9 Å². The Kier molecular flexibility index (Phi) is 3.29. The molecule has 112 valence electrons. The van der Waals surface area contributed by atoms with Crippen LogP contribution >= 0.6 is 0 Å². The molecule has 22 heavy (non-hydrogen) atoms. The monoisotopic (exact) mass is 297 g/mol. The Labute approximate surface area is 126 Å². The van der Waals surface area contributed by atoms with Crippen LogP contribution in [0.2, 0.25) is 0 Å². The summed E-state index contributed by atoms with van der Waals surface area (Å²) in [5, 5.41) is 0.428. The van der Waals surface area contributed by atoms with Gasteiger partial charge in [0.1, 0.15) is 11.4 Å². The van der Waals surface area contributed by atoms with Crippen LogP contribution in [-0.2, 0) is 14.1 Å². The lowest BCUT2D eigenvalue weighted by molar-refractivity contribution is 0.415. The summed E-state index contributed by atoms with van der Waals surface area (Å²) in [5.41, 5.74) is 1.24. The molecule has 0 aliphatic rings. The van der Waals surface area contributed by atoms with Crippen LogP contribution in [0.3, 0.4) is 0 Å². The summed E-state index contributed by atoms with van der Waals surface area (Å²) in [4.78, 5) is 28.7. The van der Waals surface area contributed by atoms with Gasteiger partial charge in [-0.05, 0) is 29.3 Å². The number of nitrogens with zero attached hydrogens (tertiary/aromatic N) is 3. The molecule has 3 aromatic rings. The molecule has 0 atom stereocenters. The third kappa shape index (κ3) is 2.00. The summed E-state index contributed by atoms with van der Waals surface area (Å²) in [6, 6.07) is 9.18. The molecule has 2 heterocycles. The maximum atomic E-state index is 12.5. The number of hydrogen-bond donors (Lipinski definition) is 0. The SMILES string of the molecule is COc1ccc(-c2ccnc3c2c(=O)n(C)c(=O)n3C)cc1. The molecule has 0 aliphatic carbocycles. The van der Waals surface area contributed by atoms with Gasteiger partial charge >= 0.3 is 5.69 Å². The molecule has 0 amide bonds. The second-order valence-electron chi connectivity index (χ2n) is 4.99. The molecule has 0 saturated heterocycles. The van der Waals surface area contributed by atoms with Crippen LogP contribution in [0, 0.1) is 0 Å². The lowest BCUT2D eigenvalue weighted by atomic mass is 10.0. The van der Waals surface area contributed by atoms with Crippen molar-refractivity contribution in [3.05, 3.63) is 57.4 Å². The van der Waals surface area contributed by atoms with Gasteiger partial charge in [-0.1, -0.05) is 12.1 Å². The second-order valence-corrected chi connectivity index (χ2v) is 4.99. The van der Waals surface area contributed by atoms with Gasteiger partial charge in [-0.2, -0.15) is 0 Å². The highest BCUT2D eigenvalue weighted by atomic mass is 16.5. The fourth-order valence-corrected chi connectivity index (χ4v) is 2.50. The Bertz CT molecular complexity index is 969. The van der Waals surface area contributed by atoms with Gasteiger partial charge in [0.2, 0.25) is 0 Å². The molecule has 0 N–H and O–H groups in total. The Morgan fingerprint density at radius 2 is 1.68 bits per heavy atom. The van der Waals surface area contributed by atoms with Crippen LogP contribution in [0.1, 0.15) is 0 Å². The highest BCUT2D eigenvalue weighted by Crippen LogP contribution is 2.26. The number of aromatic nitrogens is 3. The molecule has 3 rings (SSSR count). The van der Waals surface area contributed by atoms with E-state index in [2.05, 4.69) is 4.98 Å². The lowest BCUT2D eigenvalue weighted by Crippen LogP contribution is -2.37. The largest absolute Gasteiger partial charge is 0.497 e. The van der Waals surface area contributed by atoms with Crippen molar-refractivity contribution in [2.75, 3.05) is 7.11 Å². The van der Waals surface area contributed by atoms with E-state index in [0.29, 0.717) is 11.0 Å². The van der Waals surface area contributed by atoms with Crippen molar-refractivity contribution >= 4 is 11.0 Å². The summed E-state index contributed by atoms with van der Waals surface area (Å²) < 4.78 is 7.62. The molecule has 2 aromatic heterocycles. The first kappa shape index (κ1) is 14.1. The highest BCUT2D eigenvalue weighted by Gasteiger charge is 2.14. The molecule has 0 bridgehead atoms. The van der Waals surface area contributed by atoms with Crippen LogP contribution < -0.4 is 16.0 Å². The van der Waals surface area contributed by atoms with Crippen molar-refractivity contribution in [2.24, 2.45) is 14.1 Å². The zero-order valence-electron chi connectivity index (χ0n) is 12.5. The summed E-state index contributed by atoms with van der Waals surface area (Å²) in [6.07, 6.45) is 1.60. The minimum Gasteiger partial charge on any atom is -0.497 e. The van der Waals surface area contributed by atoms with Crippen LogP contribution in [0.4, 0.5) is 0 Å². The van der Waals surface area contributed by atoms with Crippen molar-refractivity contribution in [2.45, 2.75) is 0 Å². The maximum Gasteiger partial charge on any atom is 0.332 e. The average molecular weight is 297 g/mol. The fraction of sp³-hybridized carbons (Fsp3) is 0.188. The molecule has 0 fully saturated rings. The first-order valence-corrected chi connectivity index (χ1v) is 6.73. The topological polar surface area (TPSA) is 66.1 Å². The van der Waals surface area contributed by atoms with Crippen LogP contribution in [0.5, 0.6) is 5.75 Å². The normalized spacial score (nSPS) is 10.9. The van der Waals surface area contributed by atoms with E-state index in [1.54, 1.807) is 26.4 Å². The summed E-state index contributed by atoms with van der Waals surface area (Å²) in [5.74, 6) is 0.738. The standard InChI is InChI=1S/C16H15N3O3/c1-18-14-13(15(20)19(2)16(18)21)12(8-9-17-14)10-4-6-11(22-3)7-5-10/h4-9H,1-3H3. The van der Waals surface area contributed by atoms with Crippen molar-refractivity contribution in [1.82, 2.24) is 14.1 Å². The molecule has 0 unspecified atom stereocenters. The molecular weight excluding hydrogens is 282 g/mol. The molecule has 0 saturated carbocycles. The minimum atomic E-state index is -0.392. The summed E-state index contributed by atoms with van der Waals surface area (Å²) in [6.45, 7) is 0. The first-order chi connectivity index (χ1) is 10.5. The predicted molar refractivity (Wildman–Crippen MR) is 84.2 cm³/mol. The van der Waals surface area contributed by atoms with E-state index in [1.165, 1.54) is 11.6 Å². The minimum absolute atomic E-state index is 0.350. The molecule has 0 aliphatic heterocycles. The molecule has 1 aromatic carbocycles. The van der Waals surface area contributed by atoms with Crippen molar-refractivity contribution in [1.29, 1.82) is 0 Å². The van der Waals surface area contributed by atoms with Crippen molar-refractivity contribution in [3.8, 4) is 16.9 Å². The quantitative estimate of drug-likeness (QED) is 0.715. The first-order valence-electron chi connectivity index (χ1n) is 6.73. The Morgan fingerprint density at radius 3 is 2.32 bits per heavy atom. The number of hydrogen-bond acceptors (Lipinski definition) is 4. The third-order valence-corrected chi connectivity index (χ3v) is 3.74. The van der Waals surface area contributed by atoms with Crippen molar-refractivity contribution in [3.63, 3.8) is 0 Å². The molecule has 6 heteroatoms. The van der Waals surface area contributed by atoms with Crippen molar-refractivity contribution < 1.29 is 4.74 Å². The second kappa shape index (κ2) is 5.14. The number of benzene rings is 1. The molecular formula is C16H15N3O3. The van der Waals surface area contributed by atoms with Gasteiger partial charge in [0, 0.05) is 20.3 Å². The zero-order chi connectivity index (χ0) is 15.9. The third-order valence-electron chi connectivity index (χ3n) is 3.74. The summed E-state index contributed by atoms with van der Waals surface area (Å²) >= 11 is 0. The Balaban J connectivity index is 2.40. The lowest BCUT2D eigenvalue weighted by Gasteiger charge is -2.10. The van der Waals surface area contributed by atoms with E-state index in [-0.39, 0.29) is 5.56 Å². The number of pyridine rings is 1. The van der Waals surface area contributed by atoms with Gasteiger partial charge in [0.05, 0.1) is 12.5 Å². The number of ether oxygens (including phenoxy) is 1. The predicted octanol–water partition coefficient (Wildman–Crippen LogP) is 1.31. The van der Waals surface area contributed by atoms with Gasteiger partial charge < -0.3 is 4.74 Å². The smallest absolute Gasteiger partial charge is 0.332 e. The fourth-order valence-electron chi connectivity index (χ4n) is 2.50. The number of methoxy groups -OCH3 is 1. The highest BCUT2D eigenvalue weighted by molar-refractivity contribution is 5.91. The van der Waals surface area contributed by atoms with E-state index in [9.17, 15) is 9.59 Å². The average Bonchev–Trinajstić information content (AvgIpc) is 2.57. The number of rotatable bonds is 2. The van der Waals surface area contributed by atoms with E-state index in [1.807, 2.05) is 24.3 Å². The molecule has 6 nitrogen and oxygen atoms in total. The van der Waals surface area contributed by atoms with Crippen LogP contribution in [0.25, 0.3) is 22.2 Å². The van der Waals surface area contributed by atoms with E-state index < -0.39 is 5.69 Å². The van der Waals surface area contributed by atoms with E-state index in [4.69, 9.17) is 4.74 Å². The van der Waals surface area contributed by atoms with Gasteiger partial charge in [0.25, 0.3) is 5.56 Å². The maximum absolute atomic E-state index is 12.5. The zero-order valence-corrected chi connectivity index (χ0v) is 12.5. The Morgan fingerprint density at radius 1 is 1.00 bits per heavy atom.